The summed E-state index contributed by atoms with van der Waals surface area (Å²) >= 11 is 0. The predicted octanol–water partition coefficient (Wildman–Crippen LogP) is -0.383. The molecule has 1 aliphatic rings. The van der Waals surface area contributed by atoms with Gasteiger partial charge >= 0.3 is 0 Å². The van der Waals surface area contributed by atoms with Crippen molar-refractivity contribution in [1.29, 1.82) is 0 Å². The lowest BCUT2D eigenvalue weighted by atomic mass is 10.2. The fraction of sp³-hybridized carbons (Fsp3) is 0.900. The molecule has 1 amide bonds. The molecule has 0 heterocycles. The zero-order valence-corrected chi connectivity index (χ0v) is 10.7. The van der Waals surface area contributed by atoms with Gasteiger partial charge < -0.3 is 10.6 Å². The Hall–Kier alpha value is -0.620. The molecule has 1 aliphatic carbocycles. The fourth-order valence-corrected chi connectivity index (χ4v) is 3.22. The SMILES string of the molecule is CC(CN)CS(=O)(=O)CC(=O)N(C)C1CC1. The highest BCUT2D eigenvalue weighted by atomic mass is 32.2. The zero-order valence-electron chi connectivity index (χ0n) is 9.85. The van der Waals surface area contributed by atoms with E-state index >= 15 is 0 Å². The van der Waals surface area contributed by atoms with Crippen molar-refractivity contribution in [3.05, 3.63) is 0 Å². The van der Waals surface area contributed by atoms with Gasteiger partial charge in [-0.15, -0.1) is 0 Å². The van der Waals surface area contributed by atoms with Crippen molar-refractivity contribution < 1.29 is 13.2 Å². The van der Waals surface area contributed by atoms with Gasteiger partial charge in [-0.25, -0.2) is 8.42 Å². The van der Waals surface area contributed by atoms with Crippen LogP contribution in [0.5, 0.6) is 0 Å². The number of nitrogens with zero attached hydrogens (tertiary/aromatic N) is 1. The number of carbonyl (C=O) groups is 1. The maximum atomic E-state index is 11.7. The predicted molar refractivity (Wildman–Crippen MR) is 62.7 cm³/mol. The Morgan fingerprint density at radius 3 is 2.50 bits per heavy atom. The van der Waals surface area contributed by atoms with Gasteiger partial charge in [-0.2, -0.15) is 0 Å². The number of rotatable bonds is 6. The summed E-state index contributed by atoms with van der Waals surface area (Å²) in [4.78, 5) is 13.2. The molecule has 16 heavy (non-hydrogen) atoms. The number of hydrogen-bond acceptors (Lipinski definition) is 4. The van der Waals surface area contributed by atoms with Crippen LogP contribution in [0.4, 0.5) is 0 Å². The monoisotopic (exact) mass is 248 g/mol. The van der Waals surface area contributed by atoms with Crippen molar-refractivity contribution >= 4 is 15.7 Å². The molecule has 0 aromatic heterocycles. The molecule has 94 valence electrons. The van der Waals surface area contributed by atoms with Gasteiger partial charge in [-0.1, -0.05) is 6.92 Å². The van der Waals surface area contributed by atoms with E-state index in [-0.39, 0.29) is 29.4 Å². The minimum absolute atomic E-state index is 0.00620. The molecular formula is C10H20N2O3S. The lowest BCUT2D eigenvalue weighted by molar-refractivity contribution is -0.127. The largest absolute Gasteiger partial charge is 0.342 e. The van der Waals surface area contributed by atoms with Gasteiger partial charge in [-0.05, 0) is 25.3 Å². The van der Waals surface area contributed by atoms with E-state index in [0.29, 0.717) is 6.54 Å². The standard InChI is InChI=1S/C10H20N2O3S/c1-8(5-11)6-16(14,15)7-10(13)12(2)9-3-4-9/h8-9H,3-7,11H2,1-2H3. The van der Waals surface area contributed by atoms with Crippen LogP contribution in [0.1, 0.15) is 19.8 Å². The first-order valence-corrected chi connectivity index (χ1v) is 7.34. The molecule has 1 fully saturated rings. The van der Waals surface area contributed by atoms with Crippen LogP contribution >= 0.6 is 0 Å². The van der Waals surface area contributed by atoms with Crippen LogP contribution in [0.15, 0.2) is 0 Å². The van der Waals surface area contributed by atoms with Crippen LogP contribution in [0, 0.1) is 5.92 Å². The summed E-state index contributed by atoms with van der Waals surface area (Å²) in [5.74, 6) is -0.784. The summed E-state index contributed by atoms with van der Waals surface area (Å²) in [6.07, 6.45) is 1.98. The number of nitrogens with two attached hydrogens (primary N) is 1. The van der Waals surface area contributed by atoms with Crippen molar-refractivity contribution in [2.75, 3.05) is 25.1 Å². The van der Waals surface area contributed by atoms with Gasteiger partial charge in [0.1, 0.15) is 5.75 Å². The van der Waals surface area contributed by atoms with Gasteiger partial charge in [0.25, 0.3) is 0 Å². The molecule has 0 saturated heterocycles. The lowest BCUT2D eigenvalue weighted by Crippen LogP contribution is -2.36. The topological polar surface area (TPSA) is 80.5 Å². The van der Waals surface area contributed by atoms with Gasteiger partial charge in [0, 0.05) is 13.1 Å². The molecule has 5 nitrogen and oxygen atoms in total. The Bertz CT molecular complexity index is 349. The Balaban J connectivity index is 2.48. The first-order valence-electron chi connectivity index (χ1n) is 5.52. The second kappa shape index (κ2) is 5.14. The van der Waals surface area contributed by atoms with E-state index in [4.69, 9.17) is 5.73 Å². The van der Waals surface area contributed by atoms with Gasteiger partial charge in [0.05, 0.1) is 5.75 Å². The molecule has 0 bridgehead atoms. The molecular weight excluding hydrogens is 228 g/mol. The number of hydrogen-bond donors (Lipinski definition) is 1. The Morgan fingerprint density at radius 1 is 1.50 bits per heavy atom. The number of sulfone groups is 1. The summed E-state index contributed by atoms with van der Waals surface area (Å²) in [6.45, 7) is 2.10. The molecule has 2 N–H and O–H groups in total. The maximum Gasteiger partial charge on any atom is 0.237 e. The summed E-state index contributed by atoms with van der Waals surface area (Å²) < 4.78 is 23.3. The van der Waals surface area contributed by atoms with E-state index in [1.807, 2.05) is 0 Å². The van der Waals surface area contributed by atoms with Gasteiger partial charge in [-0.3, -0.25) is 4.79 Å². The first kappa shape index (κ1) is 13.4. The highest BCUT2D eigenvalue weighted by Gasteiger charge is 2.31. The minimum atomic E-state index is -3.31. The van der Waals surface area contributed by atoms with Crippen LogP contribution in [-0.2, 0) is 14.6 Å². The van der Waals surface area contributed by atoms with E-state index in [9.17, 15) is 13.2 Å². The molecule has 0 aromatic carbocycles. The van der Waals surface area contributed by atoms with Crippen molar-refractivity contribution in [2.45, 2.75) is 25.8 Å². The van der Waals surface area contributed by atoms with Crippen LogP contribution in [0.3, 0.4) is 0 Å². The molecule has 6 heteroatoms. The number of amides is 1. The van der Waals surface area contributed by atoms with Crippen LogP contribution in [-0.4, -0.2) is 50.4 Å². The number of carbonyl (C=O) groups excluding carboxylic acids is 1. The Labute approximate surface area is 96.9 Å². The third-order valence-corrected chi connectivity index (χ3v) is 4.54. The fourth-order valence-electron chi connectivity index (χ4n) is 1.52. The van der Waals surface area contributed by atoms with E-state index < -0.39 is 9.84 Å². The molecule has 1 atom stereocenters. The van der Waals surface area contributed by atoms with Gasteiger partial charge in [0.2, 0.25) is 5.91 Å². The van der Waals surface area contributed by atoms with Crippen molar-refractivity contribution in [1.82, 2.24) is 4.90 Å². The first-order chi connectivity index (χ1) is 7.35. The average molecular weight is 248 g/mol. The third-order valence-electron chi connectivity index (χ3n) is 2.77. The second-order valence-corrected chi connectivity index (χ2v) is 6.74. The van der Waals surface area contributed by atoms with Crippen molar-refractivity contribution in [2.24, 2.45) is 11.7 Å². The Kier molecular flexibility index (Phi) is 4.32. The van der Waals surface area contributed by atoms with Crippen molar-refractivity contribution in [3.8, 4) is 0 Å². The quantitative estimate of drug-likeness (QED) is 0.694. The van der Waals surface area contributed by atoms with Crippen LogP contribution in [0.2, 0.25) is 0 Å². The average Bonchev–Trinajstić information content (AvgIpc) is 2.98. The molecule has 0 aromatic rings. The lowest BCUT2D eigenvalue weighted by Gasteiger charge is -2.17. The summed E-state index contributed by atoms with van der Waals surface area (Å²) in [5.41, 5.74) is 5.37. The van der Waals surface area contributed by atoms with E-state index in [1.54, 1.807) is 18.9 Å². The highest BCUT2D eigenvalue weighted by molar-refractivity contribution is 7.92. The van der Waals surface area contributed by atoms with E-state index in [0.717, 1.165) is 12.8 Å². The third kappa shape index (κ3) is 4.09. The van der Waals surface area contributed by atoms with Crippen LogP contribution in [0.25, 0.3) is 0 Å². The second-order valence-electron chi connectivity index (χ2n) is 4.63. The molecule has 1 unspecified atom stereocenters. The highest BCUT2D eigenvalue weighted by Crippen LogP contribution is 2.25. The summed E-state index contributed by atoms with van der Waals surface area (Å²) in [6, 6.07) is 0.259. The molecule has 0 radical (unpaired) electrons. The molecule has 1 rings (SSSR count). The van der Waals surface area contributed by atoms with Gasteiger partial charge in [0.15, 0.2) is 9.84 Å². The molecule has 0 aliphatic heterocycles. The zero-order chi connectivity index (χ0) is 12.3. The molecule has 0 spiro atoms. The van der Waals surface area contributed by atoms with Crippen molar-refractivity contribution in [3.63, 3.8) is 0 Å². The van der Waals surface area contributed by atoms with E-state index in [1.165, 1.54) is 0 Å². The van der Waals surface area contributed by atoms with E-state index in [2.05, 4.69) is 0 Å². The van der Waals surface area contributed by atoms with Crippen LogP contribution < -0.4 is 5.73 Å². The Morgan fingerprint density at radius 2 is 2.06 bits per heavy atom. The maximum absolute atomic E-state index is 11.7. The molecule has 1 saturated carbocycles. The summed E-state index contributed by atoms with van der Waals surface area (Å²) in [5, 5.41) is 0. The normalized spacial score (nSPS) is 18.2. The summed E-state index contributed by atoms with van der Waals surface area (Å²) in [7, 11) is -1.65. The smallest absolute Gasteiger partial charge is 0.237 e. The minimum Gasteiger partial charge on any atom is -0.342 e.